The fourth-order valence-electron chi connectivity index (χ4n) is 4.77. The van der Waals surface area contributed by atoms with Crippen LogP contribution in [0, 0.1) is 23.7 Å². The number of hydrogen-bond donors (Lipinski definition) is 1. The standard InChI is InChI=1S/C19H22N2O4/c1-2-25-14-7-5-13(6-8-14)20-15(22)10-21-18(23)16-11-3-4-12(9-11)17(16)19(21)24/h5-8,11-12,16-17H,2-4,9-10H2,1H3,(H,20,22)/t11-,12+,16+,17-. The Balaban J connectivity index is 1.39. The number of likely N-dealkylation sites (tertiary alicyclic amines) is 1. The number of amides is 3. The van der Waals surface area contributed by atoms with Gasteiger partial charge < -0.3 is 10.1 Å². The summed E-state index contributed by atoms with van der Waals surface area (Å²) >= 11 is 0. The van der Waals surface area contributed by atoms with Crippen LogP contribution < -0.4 is 10.1 Å². The van der Waals surface area contributed by atoms with E-state index in [4.69, 9.17) is 4.74 Å². The van der Waals surface area contributed by atoms with Gasteiger partial charge in [0, 0.05) is 5.69 Å². The first-order valence-corrected chi connectivity index (χ1v) is 8.96. The van der Waals surface area contributed by atoms with E-state index >= 15 is 0 Å². The maximum Gasteiger partial charge on any atom is 0.244 e. The molecule has 1 aromatic rings. The summed E-state index contributed by atoms with van der Waals surface area (Å²) in [5.74, 6) is 0.408. The highest BCUT2D eigenvalue weighted by molar-refractivity contribution is 6.09. The van der Waals surface area contributed by atoms with Crippen molar-refractivity contribution in [1.29, 1.82) is 0 Å². The second-order valence-electron chi connectivity index (χ2n) is 7.15. The van der Waals surface area contributed by atoms with Crippen molar-refractivity contribution in [1.82, 2.24) is 4.90 Å². The molecule has 4 rings (SSSR count). The Bertz CT molecular complexity index is 687. The lowest BCUT2D eigenvalue weighted by Gasteiger charge is -2.19. The summed E-state index contributed by atoms with van der Waals surface area (Å²) in [7, 11) is 0. The van der Waals surface area contributed by atoms with Gasteiger partial charge in [-0.25, -0.2) is 0 Å². The molecule has 4 atom stereocenters. The van der Waals surface area contributed by atoms with Crippen LogP contribution >= 0.6 is 0 Å². The third kappa shape index (κ3) is 2.69. The van der Waals surface area contributed by atoms with E-state index in [1.165, 1.54) is 4.90 Å². The number of rotatable bonds is 5. The number of nitrogens with one attached hydrogen (secondary N) is 1. The van der Waals surface area contributed by atoms with Gasteiger partial charge in [-0.05, 0) is 62.3 Å². The van der Waals surface area contributed by atoms with Crippen LogP contribution in [0.3, 0.4) is 0 Å². The molecule has 3 aliphatic rings. The lowest BCUT2D eigenvalue weighted by Crippen LogP contribution is -2.39. The fraction of sp³-hybridized carbons (Fsp3) is 0.526. The number of nitrogens with zero attached hydrogens (tertiary/aromatic N) is 1. The Hall–Kier alpha value is -2.37. The third-order valence-corrected chi connectivity index (χ3v) is 5.77. The minimum absolute atomic E-state index is 0.149. The summed E-state index contributed by atoms with van der Waals surface area (Å²) in [5.41, 5.74) is 0.618. The van der Waals surface area contributed by atoms with Gasteiger partial charge >= 0.3 is 0 Å². The van der Waals surface area contributed by atoms with Crippen molar-refractivity contribution < 1.29 is 19.1 Å². The minimum atomic E-state index is -0.349. The molecule has 3 amide bonds. The average molecular weight is 342 g/mol. The third-order valence-electron chi connectivity index (χ3n) is 5.77. The Morgan fingerprint density at radius 2 is 1.72 bits per heavy atom. The van der Waals surface area contributed by atoms with Crippen molar-refractivity contribution in [3.8, 4) is 5.75 Å². The molecule has 6 heteroatoms. The molecular weight excluding hydrogens is 320 g/mol. The molecule has 2 bridgehead atoms. The van der Waals surface area contributed by atoms with Gasteiger partial charge in [0.1, 0.15) is 12.3 Å². The van der Waals surface area contributed by atoms with E-state index in [0.717, 1.165) is 25.0 Å². The van der Waals surface area contributed by atoms with Crippen LogP contribution in [0.2, 0.25) is 0 Å². The second kappa shape index (κ2) is 6.17. The molecule has 6 nitrogen and oxygen atoms in total. The van der Waals surface area contributed by atoms with Gasteiger partial charge in [-0.1, -0.05) is 0 Å². The van der Waals surface area contributed by atoms with Gasteiger partial charge in [-0.15, -0.1) is 0 Å². The van der Waals surface area contributed by atoms with Crippen LogP contribution in [0.5, 0.6) is 5.75 Å². The van der Waals surface area contributed by atoms with Crippen molar-refractivity contribution in [2.24, 2.45) is 23.7 Å². The fourth-order valence-corrected chi connectivity index (χ4v) is 4.77. The van der Waals surface area contributed by atoms with Crippen molar-refractivity contribution in [2.75, 3.05) is 18.5 Å². The molecule has 132 valence electrons. The minimum Gasteiger partial charge on any atom is -0.494 e. The average Bonchev–Trinajstić information content (AvgIpc) is 3.27. The highest BCUT2D eigenvalue weighted by Gasteiger charge is 2.60. The maximum atomic E-state index is 12.6. The molecular formula is C19H22N2O4. The highest BCUT2D eigenvalue weighted by Crippen LogP contribution is 2.56. The van der Waals surface area contributed by atoms with Gasteiger partial charge in [0.2, 0.25) is 17.7 Å². The number of carbonyl (C=O) groups excluding carboxylic acids is 3. The first-order chi connectivity index (χ1) is 12.1. The molecule has 1 heterocycles. The van der Waals surface area contributed by atoms with E-state index < -0.39 is 0 Å². The lowest BCUT2D eigenvalue weighted by molar-refractivity contribution is -0.143. The Morgan fingerprint density at radius 3 is 2.28 bits per heavy atom. The first-order valence-electron chi connectivity index (χ1n) is 8.96. The molecule has 3 fully saturated rings. The quantitative estimate of drug-likeness (QED) is 0.831. The molecule has 2 saturated carbocycles. The summed E-state index contributed by atoms with van der Waals surface area (Å²) < 4.78 is 5.36. The Kier molecular flexibility index (Phi) is 3.98. The van der Waals surface area contributed by atoms with Gasteiger partial charge in [0.15, 0.2) is 0 Å². The molecule has 1 saturated heterocycles. The maximum absolute atomic E-state index is 12.6. The summed E-state index contributed by atoms with van der Waals surface area (Å²) in [6.07, 6.45) is 3.08. The number of hydrogen-bond acceptors (Lipinski definition) is 4. The van der Waals surface area contributed by atoms with Crippen LogP contribution in [0.15, 0.2) is 24.3 Å². The number of ether oxygens (including phenoxy) is 1. The summed E-state index contributed by atoms with van der Waals surface area (Å²) in [5, 5.41) is 2.74. The zero-order valence-electron chi connectivity index (χ0n) is 14.2. The van der Waals surface area contributed by atoms with Crippen molar-refractivity contribution >= 4 is 23.4 Å². The molecule has 1 N–H and O–H groups in total. The molecule has 0 spiro atoms. The van der Waals surface area contributed by atoms with E-state index in [-0.39, 0.29) is 36.1 Å². The van der Waals surface area contributed by atoms with Crippen LogP contribution in [0.4, 0.5) is 5.69 Å². The van der Waals surface area contributed by atoms with Gasteiger partial charge in [-0.2, -0.15) is 0 Å². The van der Waals surface area contributed by atoms with Crippen molar-refractivity contribution in [3.05, 3.63) is 24.3 Å². The van der Waals surface area contributed by atoms with Crippen LogP contribution in [0.1, 0.15) is 26.2 Å². The summed E-state index contributed by atoms with van der Waals surface area (Å²) in [6, 6.07) is 7.03. The zero-order chi connectivity index (χ0) is 17.6. The van der Waals surface area contributed by atoms with E-state index in [1.807, 2.05) is 6.92 Å². The Morgan fingerprint density at radius 1 is 1.12 bits per heavy atom. The molecule has 25 heavy (non-hydrogen) atoms. The molecule has 0 aromatic heterocycles. The molecule has 0 radical (unpaired) electrons. The van der Waals surface area contributed by atoms with E-state index in [0.29, 0.717) is 24.1 Å². The van der Waals surface area contributed by atoms with Gasteiger partial charge in [-0.3, -0.25) is 19.3 Å². The zero-order valence-corrected chi connectivity index (χ0v) is 14.2. The van der Waals surface area contributed by atoms with Gasteiger partial charge in [0.25, 0.3) is 0 Å². The summed E-state index contributed by atoms with van der Waals surface area (Å²) in [6.45, 7) is 2.29. The number of fused-ring (bicyclic) bond motifs is 5. The molecule has 1 aliphatic heterocycles. The Labute approximate surface area is 146 Å². The first kappa shape index (κ1) is 16.1. The highest BCUT2D eigenvalue weighted by atomic mass is 16.5. The topological polar surface area (TPSA) is 75.7 Å². The predicted octanol–water partition coefficient (Wildman–Crippen LogP) is 2.05. The van der Waals surface area contributed by atoms with E-state index in [9.17, 15) is 14.4 Å². The van der Waals surface area contributed by atoms with Crippen molar-refractivity contribution in [2.45, 2.75) is 26.2 Å². The normalized spacial score (nSPS) is 29.9. The molecule has 0 unspecified atom stereocenters. The lowest BCUT2D eigenvalue weighted by atomic mass is 9.81. The molecule has 2 aliphatic carbocycles. The monoisotopic (exact) mass is 342 g/mol. The van der Waals surface area contributed by atoms with E-state index in [1.54, 1.807) is 24.3 Å². The largest absolute Gasteiger partial charge is 0.494 e. The SMILES string of the molecule is CCOc1ccc(NC(=O)CN2C(=O)[C@@H]3[C@H]4CC[C@H](C4)[C@@H]3C2=O)cc1. The predicted molar refractivity (Wildman–Crippen MR) is 90.8 cm³/mol. The number of imide groups is 1. The smallest absolute Gasteiger partial charge is 0.244 e. The van der Waals surface area contributed by atoms with Crippen LogP contribution in [-0.4, -0.2) is 35.8 Å². The van der Waals surface area contributed by atoms with Crippen molar-refractivity contribution in [3.63, 3.8) is 0 Å². The van der Waals surface area contributed by atoms with E-state index in [2.05, 4.69) is 5.32 Å². The number of carbonyl (C=O) groups is 3. The van der Waals surface area contributed by atoms with Gasteiger partial charge in [0.05, 0.1) is 18.4 Å². The second-order valence-corrected chi connectivity index (χ2v) is 7.15. The summed E-state index contributed by atoms with van der Waals surface area (Å²) in [4.78, 5) is 38.7. The number of anilines is 1. The van der Waals surface area contributed by atoms with Crippen LogP contribution in [0.25, 0.3) is 0 Å². The number of benzene rings is 1. The molecule has 1 aromatic carbocycles. The van der Waals surface area contributed by atoms with Crippen LogP contribution in [-0.2, 0) is 14.4 Å².